The van der Waals surface area contributed by atoms with E-state index in [1.165, 1.54) is 0 Å². The van der Waals surface area contributed by atoms with Crippen molar-refractivity contribution in [3.8, 4) is 0 Å². The third-order valence-electron chi connectivity index (χ3n) is 0.878. The molecule has 0 saturated carbocycles. The summed E-state index contributed by atoms with van der Waals surface area (Å²) < 4.78 is 0. The zero-order valence-electron chi connectivity index (χ0n) is 4.93. The summed E-state index contributed by atoms with van der Waals surface area (Å²) in [6.07, 6.45) is 4.22. The van der Waals surface area contributed by atoms with E-state index in [-0.39, 0.29) is 5.28 Å². The molecule has 0 saturated heterocycles. The minimum atomic E-state index is -0.345. The molecular weight excluding hydrogens is 117 g/mol. The van der Waals surface area contributed by atoms with Crippen molar-refractivity contribution in [3.05, 3.63) is 25.3 Å². The first-order valence-corrected chi connectivity index (χ1v) is 3.02. The molecule has 0 fully saturated rings. The van der Waals surface area contributed by atoms with Gasteiger partial charge in [0, 0.05) is 0 Å². The SMILES string of the molecule is C=CC[C@](N)(P)C=C. The van der Waals surface area contributed by atoms with Crippen molar-refractivity contribution in [2.45, 2.75) is 11.7 Å². The van der Waals surface area contributed by atoms with Gasteiger partial charge in [-0.15, -0.1) is 22.4 Å². The minimum absolute atomic E-state index is 0.345. The normalized spacial score (nSPS) is 16.8. The second-order valence-electron chi connectivity index (χ2n) is 1.81. The second-order valence-corrected chi connectivity index (χ2v) is 2.88. The molecule has 0 amide bonds. The Morgan fingerprint density at radius 1 is 1.62 bits per heavy atom. The molecule has 0 aliphatic heterocycles. The maximum atomic E-state index is 5.60. The molecule has 2 N–H and O–H groups in total. The van der Waals surface area contributed by atoms with Crippen LogP contribution in [0.3, 0.4) is 0 Å². The first-order chi connectivity index (χ1) is 3.62. The summed E-state index contributed by atoms with van der Waals surface area (Å²) in [5.74, 6) is 0. The van der Waals surface area contributed by atoms with E-state index in [0.29, 0.717) is 0 Å². The Balaban J connectivity index is 3.70. The molecule has 0 aromatic carbocycles. The first kappa shape index (κ1) is 7.87. The van der Waals surface area contributed by atoms with E-state index in [9.17, 15) is 0 Å². The van der Waals surface area contributed by atoms with Crippen LogP contribution in [0.25, 0.3) is 0 Å². The highest BCUT2D eigenvalue weighted by atomic mass is 31.0. The number of hydrogen-bond donors (Lipinski definition) is 1. The third-order valence-corrected chi connectivity index (χ3v) is 1.35. The lowest BCUT2D eigenvalue weighted by molar-refractivity contribution is 0.768. The Labute approximate surface area is 52.9 Å². The van der Waals surface area contributed by atoms with Crippen LogP contribution in [0.4, 0.5) is 0 Å². The van der Waals surface area contributed by atoms with Gasteiger partial charge in [-0.2, -0.15) is 0 Å². The van der Waals surface area contributed by atoms with E-state index >= 15 is 0 Å². The first-order valence-electron chi connectivity index (χ1n) is 2.44. The highest BCUT2D eigenvalue weighted by Crippen LogP contribution is 2.16. The van der Waals surface area contributed by atoms with Crippen molar-refractivity contribution in [1.29, 1.82) is 0 Å². The zero-order valence-corrected chi connectivity index (χ0v) is 6.09. The van der Waals surface area contributed by atoms with Gasteiger partial charge in [0.15, 0.2) is 0 Å². The predicted octanol–water partition coefficient (Wildman–Crippen LogP) is 1.28. The van der Waals surface area contributed by atoms with Gasteiger partial charge in [0.1, 0.15) is 0 Å². The fraction of sp³-hybridized carbons (Fsp3) is 0.333. The third kappa shape index (κ3) is 2.95. The number of nitrogens with two attached hydrogens (primary N) is 1. The van der Waals surface area contributed by atoms with Gasteiger partial charge >= 0.3 is 0 Å². The molecule has 2 heteroatoms. The Kier molecular flexibility index (Phi) is 2.96. The maximum absolute atomic E-state index is 5.60. The van der Waals surface area contributed by atoms with Crippen LogP contribution in [-0.2, 0) is 0 Å². The summed E-state index contributed by atoms with van der Waals surface area (Å²) in [5.41, 5.74) is 5.60. The van der Waals surface area contributed by atoms with Crippen LogP contribution in [0.5, 0.6) is 0 Å². The Morgan fingerprint density at radius 3 is 2.25 bits per heavy atom. The Hall–Kier alpha value is -0.130. The van der Waals surface area contributed by atoms with Crippen molar-refractivity contribution in [3.63, 3.8) is 0 Å². The molecule has 0 aliphatic carbocycles. The molecule has 0 aromatic heterocycles. The summed E-state index contributed by atoms with van der Waals surface area (Å²) in [4.78, 5) is 0. The molecule has 1 unspecified atom stereocenters. The van der Waals surface area contributed by atoms with E-state index in [4.69, 9.17) is 5.73 Å². The van der Waals surface area contributed by atoms with Gasteiger partial charge in [-0.05, 0) is 6.42 Å². The van der Waals surface area contributed by atoms with E-state index in [1.54, 1.807) is 12.2 Å². The summed E-state index contributed by atoms with van der Waals surface area (Å²) in [7, 11) is 2.50. The topological polar surface area (TPSA) is 26.0 Å². The molecule has 8 heavy (non-hydrogen) atoms. The highest BCUT2D eigenvalue weighted by Gasteiger charge is 2.08. The van der Waals surface area contributed by atoms with Gasteiger partial charge < -0.3 is 5.73 Å². The van der Waals surface area contributed by atoms with Gasteiger partial charge in [0.05, 0.1) is 5.28 Å². The monoisotopic (exact) mass is 129 g/mol. The molecule has 0 aromatic rings. The summed E-state index contributed by atoms with van der Waals surface area (Å²) in [6.45, 7) is 7.11. The molecule has 0 bridgehead atoms. The molecule has 2 atom stereocenters. The lowest BCUT2D eigenvalue weighted by atomic mass is 10.2. The fourth-order valence-electron chi connectivity index (χ4n) is 0.333. The number of hydrogen-bond acceptors (Lipinski definition) is 1. The van der Waals surface area contributed by atoms with Gasteiger partial charge in [-0.1, -0.05) is 12.2 Å². The van der Waals surface area contributed by atoms with Crippen molar-refractivity contribution in [2.24, 2.45) is 5.73 Å². The second kappa shape index (κ2) is 3.01. The van der Waals surface area contributed by atoms with Crippen molar-refractivity contribution < 1.29 is 0 Å². The molecule has 0 spiro atoms. The largest absolute Gasteiger partial charge is 0.319 e. The Bertz CT molecular complexity index is 96.7. The summed E-state index contributed by atoms with van der Waals surface area (Å²) >= 11 is 0. The van der Waals surface area contributed by atoms with Crippen LogP contribution in [0, 0.1) is 0 Å². The van der Waals surface area contributed by atoms with Crippen molar-refractivity contribution in [1.82, 2.24) is 0 Å². The van der Waals surface area contributed by atoms with E-state index < -0.39 is 0 Å². The number of rotatable bonds is 3. The highest BCUT2D eigenvalue weighted by molar-refractivity contribution is 7.19. The molecule has 46 valence electrons. The van der Waals surface area contributed by atoms with Crippen molar-refractivity contribution >= 4 is 9.24 Å². The van der Waals surface area contributed by atoms with Gasteiger partial charge in [0.2, 0.25) is 0 Å². The fourth-order valence-corrected chi connectivity index (χ4v) is 0.500. The van der Waals surface area contributed by atoms with Gasteiger partial charge in [-0.25, -0.2) is 0 Å². The van der Waals surface area contributed by atoms with Crippen LogP contribution in [-0.4, -0.2) is 5.28 Å². The Morgan fingerprint density at radius 2 is 2.12 bits per heavy atom. The van der Waals surface area contributed by atoms with Crippen LogP contribution < -0.4 is 5.73 Å². The lowest BCUT2D eigenvalue weighted by Gasteiger charge is -2.15. The van der Waals surface area contributed by atoms with E-state index in [0.717, 1.165) is 6.42 Å². The molecule has 0 radical (unpaired) electrons. The lowest BCUT2D eigenvalue weighted by Crippen LogP contribution is -2.27. The molecule has 0 heterocycles. The van der Waals surface area contributed by atoms with Gasteiger partial charge in [0.25, 0.3) is 0 Å². The van der Waals surface area contributed by atoms with Crippen LogP contribution in [0.1, 0.15) is 6.42 Å². The predicted molar refractivity (Wildman–Crippen MR) is 41.6 cm³/mol. The van der Waals surface area contributed by atoms with Gasteiger partial charge in [-0.3, -0.25) is 0 Å². The van der Waals surface area contributed by atoms with Crippen molar-refractivity contribution in [2.75, 3.05) is 0 Å². The summed E-state index contributed by atoms with van der Waals surface area (Å²) in [5, 5.41) is -0.345. The summed E-state index contributed by atoms with van der Waals surface area (Å²) in [6, 6.07) is 0. The molecular formula is C6H12NP. The smallest absolute Gasteiger partial charge is 0.0513 e. The van der Waals surface area contributed by atoms with E-state index in [2.05, 4.69) is 22.4 Å². The molecule has 0 rings (SSSR count). The van der Waals surface area contributed by atoms with E-state index in [1.807, 2.05) is 0 Å². The van der Waals surface area contributed by atoms with Crippen LogP contribution in [0.2, 0.25) is 0 Å². The average Bonchev–Trinajstić information content (AvgIpc) is 1.67. The maximum Gasteiger partial charge on any atom is 0.0513 e. The molecule has 1 nitrogen and oxygen atoms in total. The standard InChI is InChI=1S/C6H12NP/c1-3-5-6(7,8)4-2/h3-4H,1-2,5,7-8H2/t6-/m1/s1. The molecule has 0 aliphatic rings. The minimum Gasteiger partial charge on any atom is -0.319 e. The zero-order chi connectivity index (χ0) is 6.62. The quantitative estimate of drug-likeness (QED) is 0.450. The van der Waals surface area contributed by atoms with Crippen LogP contribution >= 0.6 is 9.24 Å². The van der Waals surface area contributed by atoms with Crippen LogP contribution in [0.15, 0.2) is 25.3 Å². The average molecular weight is 129 g/mol.